The van der Waals surface area contributed by atoms with Crippen LogP contribution in [-0.4, -0.2) is 0 Å². The van der Waals surface area contributed by atoms with E-state index < -0.39 is 0 Å². The zero-order valence-electron chi connectivity index (χ0n) is 11.8. The van der Waals surface area contributed by atoms with E-state index in [0.717, 1.165) is 11.5 Å². The fourth-order valence-corrected chi connectivity index (χ4v) is 4.02. The van der Waals surface area contributed by atoms with Gasteiger partial charge in [-0.25, -0.2) is 0 Å². The summed E-state index contributed by atoms with van der Waals surface area (Å²) in [6.07, 6.45) is 6.73. The summed E-state index contributed by atoms with van der Waals surface area (Å²) in [7, 11) is 0. The molecule has 0 saturated heterocycles. The maximum atomic E-state index is 5.99. The highest BCUT2D eigenvalue weighted by atomic mass is 16.5. The van der Waals surface area contributed by atoms with Gasteiger partial charge in [-0.2, -0.15) is 0 Å². The van der Waals surface area contributed by atoms with Crippen LogP contribution in [-0.2, 0) is 0 Å². The average molecular weight is 264 g/mol. The van der Waals surface area contributed by atoms with Crippen molar-refractivity contribution < 1.29 is 4.74 Å². The molecule has 2 aliphatic rings. The van der Waals surface area contributed by atoms with E-state index >= 15 is 0 Å². The molecule has 0 radical (unpaired) electrons. The molecule has 0 spiro atoms. The molecule has 1 nitrogen and oxygen atoms in total. The minimum atomic E-state index is 0.399. The number of fused-ring (bicyclic) bond motifs is 3. The Morgan fingerprint density at radius 2 is 1.75 bits per heavy atom. The molecule has 1 aliphatic carbocycles. The third-order valence-electron chi connectivity index (χ3n) is 4.95. The first-order valence-electron chi connectivity index (χ1n) is 7.73. The molecule has 0 bridgehead atoms. The summed E-state index contributed by atoms with van der Waals surface area (Å²) in [4.78, 5) is 0. The molecular weight excluding hydrogens is 244 g/mol. The number of hydrogen-bond acceptors (Lipinski definition) is 1. The molecule has 102 valence electrons. The SMILES string of the molecule is C=C1Oc2ccc3ccccc3c2C1C1CCCCC1. The van der Waals surface area contributed by atoms with Gasteiger partial charge >= 0.3 is 0 Å². The van der Waals surface area contributed by atoms with E-state index in [0.29, 0.717) is 11.8 Å². The van der Waals surface area contributed by atoms with Crippen LogP contribution in [0.1, 0.15) is 43.6 Å². The van der Waals surface area contributed by atoms with Crippen LogP contribution >= 0.6 is 0 Å². The van der Waals surface area contributed by atoms with Crippen LogP contribution in [0.2, 0.25) is 0 Å². The van der Waals surface area contributed by atoms with Gasteiger partial charge in [0.2, 0.25) is 0 Å². The van der Waals surface area contributed by atoms with Crippen molar-refractivity contribution in [3.63, 3.8) is 0 Å². The van der Waals surface area contributed by atoms with E-state index in [2.05, 4.69) is 43.0 Å². The summed E-state index contributed by atoms with van der Waals surface area (Å²) in [6.45, 7) is 4.21. The second-order valence-corrected chi connectivity index (χ2v) is 6.14. The molecule has 0 N–H and O–H groups in total. The summed E-state index contributed by atoms with van der Waals surface area (Å²) in [6, 6.07) is 12.9. The minimum Gasteiger partial charge on any atom is -0.461 e. The molecular formula is C19H20O. The minimum absolute atomic E-state index is 0.399. The van der Waals surface area contributed by atoms with Gasteiger partial charge in [-0.15, -0.1) is 0 Å². The number of benzene rings is 2. The van der Waals surface area contributed by atoms with Crippen molar-refractivity contribution in [2.75, 3.05) is 0 Å². The average Bonchev–Trinajstić information content (AvgIpc) is 2.84. The summed E-state index contributed by atoms with van der Waals surface area (Å²) < 4.78 is 5.99. The van der Waals surface area contributed by atoms with Gasteiger partial charge in [0.1, 0.15) is 11.5 Å². The fourth-order valence-electron chi connectivity index (χ4n) is 4.02. The van der Waals surface area contributed by atoms with E-state index in [1.165, 1.54) is 48.4 Å². The van der Waals surface area contributed by atoms with Crippen LogP contribution in [0, 0.1) is 5.92 Å². The van der Waals surface area contributed by atoms with E-state index in [1.807, 2.05) is 0 Å². The monoisotopic (exact) mass is 264 g/mol. The van der Waals surface area contributed by atoms with E-state index in [-0.39, 0.29) is 0 Å². The van der Waals surface area contributed by atoms with Gasteiger partial charge in [-0.1, -0.05) is 56.2 Å². The highest BCUT2D eigenvalue weighted by Gasteiger charge is 2.36. The maximum Gasteiger partial charge on any atom is 0.131 e. The summed E-state index contributed by atoms with van der Waals surface area (Å²) in [5.41, 5.74) is 1.39. The van der Waals surface area contributed by atoms with Gasteiger partial charge in [0.25, 0.3) is 0 Å². The normalized spacial score (nSPS) is 22.8. The number of ether oxygens (including phenoxy) is 1. The molecule has 1 atom stereocenters. The molecule has 4 rings (SSSR count). The summed E-state index contributed by atoms with van der Waals surface area (Å²) >= 11 is 0. The third kappa shape index (κ3) is 1.76. The molecule has 1 saturated carbocycles. The van der Waals surface area contributed by atoms with Gasteiger partial charge in [0, 0.05) is 11.5 Å². The second-order valence-electron chi connectivity index (χ2n) is 6.14. The molecule has 20 heavy (non-hydrogen) atoms. The third-order valence-corrected chi connectivity index (χ3v) is 4.95. The van der Waals surface area contributed by atoms with Crippen LogP contribution < -0.4 is 4.74 Å². The highest BCUT2D eigenvalue weighted by Crippen LogP contribution is 2.50. The van der Waals surface area contributed by atoms with Gasteiger partial charge in [0.05, 0.1) is 0 Å². The van der Waals surface area contributed by atoms with Crippen molar-refractivity contribution in [2.45, 2.75) is 38.0 Å². The van der Waals surface area contributed by atoms with Crippen molar-refractivity contribution in [2.24, 2.45) is 5.92 Å². The summed E-state index contributed by atoms with van der Waals surface area (Å²) in [5.74, 6) is 3.10. The Kier molecular flexibility index (Phi) is 2.80. The molecule has 0 aromatic heterocycles. The Morgan fingerprint density at radius 3 is 2.60 bits per heavy atom. The molecule has 0 amide bonds. The lowest BCUT2D eigenvalue weighted by atomic mass is 9.76. The first-order chi connectivity index (χ1) is 9.84. The van der Waals surface area contributed by atoms with Gasteiger partial charge in [-0.3, -0.25) is 0 Å². The van der Waals surface area contributed by atoms with Crippen molar-refractivity contribution >= 4 is 10.8 Å². The molecule has 1 fully saturated rings. The molecule has 1 unspecified atom stereocenters. The van der Waals surface area contributed by atoms with Crippen molar-refractivity contribution in [3.8, 4) is 5.75 Å². The van der Waals surface area contributed by atoms with Crippen LogP contribution in [0.3, 0.4) is 0 Å². The van der Waals surface area contributed by atoms with Crippen LogP contribution in [0.25, 0.3) is 10.8 Å². The van der Waals surface area contributed by atoms with Crippen molar-refractivity contribution in [1.82, 2.24) is 0 Å². The quantitative estimate of drug-likeness (QED) is 0.669. The number of rotatable bonds is 1. The van der Waals surface area contributed by atoms with Gasteiger partial charge < -0.3 is 4.74 Å². The first kappa shape index (κ1) is 12.0. The molecule has 1 aliphatic heterocycles. The molecule has 2 aromatic rings. The Hall–Kier alpha value is -1.76. The predicted molar refractivity (Wildman–Crippen MR) is 83.0 cm³/mol. The number of allylic oxidation sites excluding steroid dienone is 1. The lowest BCUT2D eigenvalue weighted by molar-refractivity contribution is 0.300. The van der Waals surface area contributed by atoms with Gasteiger partial charge in [0.15, 0.2) is 0 Å². The van der Waals surface area contributed by atoms with Crippen molar-refractivity contribution in [3.05, 3.63) is 54.3 Å². The van der Waals surface area contributed by atoms with E-state index in [9.17, 15) is 0 Å². The highest BCUT2D eigenvalue weighted by molar-refractivity contribution is 5.89. The Bertz CT molecular complexity index is 665. The second kappa shape index (κ2) is 4.66. The molecule has 2 aromatic carbocycles. The molecule has 1 heteroatoms. The standard InChI is InChI=1S/C19H20O/c1-13-18(15-8-3-2-4-9-15)19-16-10-6-5-7-14(16)11-12-17(19)20-13/h5-7,10-12,15,18H,1-4,8-9H2. The zero-order valence-corrected chi connectivity index (χ0v) is 11.8. The predicted octanol–water partition coefficient (Wildman–Crippen LogP) is 5.41. The first-order valence-corrected chi connectivity index (χ1v) is 7.73. The lowest BCUT2D eigenvalue weighted by Gasteiger charge is -2.27. The smallest absolute Gasteiger partial charge is 0.131 e. The van der Waals surface area contributed by atoms with E-state index in [4.69, 9.17) is 4.74 Å². The van der Waals surface area contributed by atoms with Crippen LogP contribution in [0.15, 0.2) is 48.7 Å². The van der Waals surface area contributed by atoms with Crippen LogP contribution in [0.4, 0.5) is 0 Å². The Morgan fingerprint density at radius 1 is 0.950 bits per heavy atom. The van der Waals surface area contributed by atoms with E-state index in [1.54, 1.807) is 0 Å². The zero-order chi connectivity index (χ0) is 13.5. The maximum absolute atomic E-state index is 5.99. The largest absolute Gasteiger partial charge is 0.461 e. The molecule has 1 heterocycles. The number of hydrogen-bond donors (Lipinski definition) is 0. The van der Waals surface area contributed by atoms with Crippen LogP contribution in [0.5, 0.6) is 5.75 Å². The topological polar surface area (TPSA) is 9.23 Å². The van der Waals surface area contributed by atoms with Gasteiger partial charge in [-0.05, 0) is 35.6 Å². The fraction of sp³-hybridized carbons (Fsp3) is 0.368. The lowest BCUT2D eigenvalue weighted by Crippen LogP contribution is -2.16. The Labute approximate surface area is 120 Å². The summed E-state index contributed by atoms with van der Waals surface area (Å²) in [5, 5.41) is 2.66. The van der Waals surface area contributed by atoms with Crippen molar-refractivity contribution in [1.29, 1.82) is 0 Å². The Balaban J connectivity index is 1.87.